The molecule has 8 heteroatoms. The number of benzene rings is 1. The van der Waals surface area contributed by atoms with E-state index in [1.54, 1.807) is 6.92 Å². The zero-order valence-electron chi connectivity index (χ0n) is 11.6. The molecule has 1 amide bonds. The smallest absolute Gasteiger partial charge is 0.419 e. The summed E-state index contributed by atoms with van der Waals surface area (Å²) >= 11 is 0. The van der Waals surface area contributed by atoms with Crippen LogP contribution in [0.5, 0.6) is 0 Å². The molecule has 1 rings (SSSR count). The van der Waals surface area contributed by atoms with Crippen molar-refractivity contribution in [3.05, 3.63) is 35.4 Å². The van der Waals surface area contributed by atoms with Gasteiger partial charge in [0.05, 0.1) is 6.10 Å². The van der Waals surface area contributed by atoms with Gasteiger partial charge in [-0.15, -0.1) is 0 Å². The lowest BCUT2D eigenvalue weighted by atomic mass is 10.0. The van der Waals surface area contributed by atoms with Gasteiger partial charge in [0, 0.05) is 25.2 Å². The summed E-state index contributed by atoms with van der Waals surface area (Å²) in [5, 5.41) is 19.8. The van der Waals surface area contributed by atoms with Crippen molar-refractivity contribution in [2.45, 2.75) is 25.5 Å². The number of nitrogens with two attached hydrogens (primary N) is 1. The zero-order valence-corrected chi connectivity index (χ0v) is 11.6. The van der Waals surface area contributed by atoms with E-state index >= 15 is 0 Å². The van der Waals surface area contributed by atoms with Crippen LogP contribution in [-0.4, -0.2) is 46.6 Å². The standard InChI is InChI=1S/C13H19F2N3O3/c1-2-18(17-13(20)21)7-12(19)11(16)5-8-3-9(14)6-10(15)4-8/h3-4,6,11-12,17,19H,2,5,7,16H2,1H3,(H,20,21)/t11-,12-/m0/s1. The molecule has 0 radical (unpaired) electrons. The molecule has 1 aromatic carbocycles. The van der Waals surface area contributed by atoms with Gasteiger partial charge < -0.3 is 15.9 Å². The molecule has 0 saturated heterocycles. The lowest BCUT2D eigenvalue weighted by molar-refractivity contribution is 0.0665. The molecule has 5 N–H and O–H groups in total. The van der Waals surface area contributed by atoms with Crippen LogP contribution in [-0.2, 0) is 6.42 Å². The van der Waals surface area contributed by atoms with Gasteiger partial charge in [-0.1, -0.05) is 6.92 Å². The van der Waals surface area contributed by atoms with E-state index in [0.717, 1.165) is 18.2 Å². The molecule has 0 fully saturated rings. The van der Waals surface area contributed by atoms with Crippen LogP contribution in [0.15, 0.2) is 18.2 Å². The van der Waals surface area contributed by atoms with Crippen LogP contribution in [0.25, 0.3) is 0 Å². The molecule has 0 aliphatic carbocycles. The Labute approximate surface area is 121 Å². The van der Waals surface area contributed by atoms with Crippen molar-refractivity contribution in [1.82, 2.24) is 10.4 Å². The monoisotopic (exact) mass is 303 g/mol. The second kappa shape index (κ2) is 7.87. The first-order valence-electron chi connectivity index (χ1n) is 6.45. The minimum Gasteiger partial charge on any atom is -0.464 e. The van der Waals surface area contributed by atoms with Crippen molar-refractivity contribution in [2.24, 2.45) is 5.73 Å². The number of hydrogen-bond acceptors (Lipinski definition) is 4. The Hall–Kier alpha value is -1.77. The average Bonchev–Trinajstić information content (AvgIpc) is 2.35. The highest BCUT2D eigenvalue weighted by Gasteiger charge is 2.19. The average molecular weight is 303 g/mol. The van der Waals surface area contributed by atoms with E-state index in [9.17, 15) is 18.7 Å². The number of nitrogens with one attached hydrogen (secondary N) is 1. The van der Waals surface area contributed by atoms with Crippen molar-refractivity contribution in [2.75, 3.05) is 13.1 Å². The molecule has 0 saturated carbocycles. The first-order valence-corrected chi connectivity index (χ1v) is 6.45. The molecule has 0 unspecified atom stereocenters. The second-order valence-electron chi connectivity index (χ2n) is 4.67. The molecule has 0 aliphatic heterocycles. The van der Waals surface area contributed by atoms with Crippen LogP contribution in [0.1, 0.15) is 12.5 Å². The fourth-order valence-corrected chi connectivity index (χ4v) is 1.89. The Balaban J connectivity index is 2.60. The van der Waals surface area contributed by atoms with Gasteiger partial charge in [0.15, 0.2) is 0 Å². The third kappa shape index (κ3) is 6.03. The van der Waals surface area contributed by atoms with Gasteiger partial charge in [0.1, 0.15) is 11.6 Å². The fourth-order valence-electron chi connectivity index (χ4n) is 1.89. The maximum atomic E-state index is 13.1. The van der Waals surface area contributed by atoms with Gasteiger partial charge in [-0.3, -0.25) is 5.43 Å². The van der Waals surface area contributed by atoms with E-state index in [0.29, 0.717) is 12.1 Å². The number of rotatable bonds is 7. The molecule has 2 atom stereocenters. The lowest BCUT2D eigenvalue weighted by Gasteiger charge is -2.26. The Bertz CT molecular complexity index is 467. The molecule has 118 valence electrons. The molecular formula is C13H19F2N3O3. The van der Waals surface area contributed by atoms with Crippen LogP contribution in [0.3, 0.4) is 0 Å². The van der Waals surface area contributed by atoms with E-state index in [1.807, 2.05) is 0 Å². The topological polar surface area (TPSA) is 98.8 Å². The molecule has 0 heterocycles. The van der Waals surface area contributed by atoms with Crippen molar-refractivity contribution in [1.29, 1.82) is 0 Å². The summed E-state index contributed by atoms with van der Waals surface area (Å²) in [5.74, 6) is -1.43. The summed E-state index contributed by atoms with van der Waals surface area (Å²) in [4.78, 5) is 10.5. The van der Waals surface area contributed by atoms with Gasteiger partial charge >= 0.3 is 6.09 Å². The molecule has 0 aliphatic rings. The highest BCUT2D eigenvalue weighted by Crippen LogP contribution is 2.11. The number of amides is 1. The van der Waals surface area contributed by atoms with Crippen LogP contribution < -0.4 is 11.2 Å². The highest BCUT2D eigenvalue weighted by atomic mass is 19.1. The number of nitrogens with zero attached hydrogens (tertiary/aromatic N) is 1. The summed E-state index contributed by atoms with van der Waals surface area (Å²) in [6.07, 6.45) is -2.23. The Morgan fingerprint density at radius 1 is 1.38 bits per heavy atom. The largest absolute Gasteiger partial charge is 0.464 e. The van der Waals surface area contributed by atoms with Gasteiger partial charge in [0.2, 0.25) is 0 Å². The van der Waals surface area contributed by atoms with Crippen LogP contribution in [0.2, 0.25) is 0 Å². The number of hydrogen-bond donors (Lipinski definition) is 4. The lowest BCUT2D eigenvalue weighted by Crippen LogP contribution is -2.50. The van der Waals surface area contributed by atoms with E-state index < -0.39 is 29.9 Å². The van der Waals surface area contributed by atoms with Crippen molar-refractivity contribution >= 4 is 6.09 Å². The van der Waals surface area contributed by atoms with E-state index in [2.05, 4.69) is 5.43 Å². The molecule has 1 aromatic rings. The van der Waals surface area contributed by atoms with Gasteiger partial charge in [-0.05, 0) is 24.1 Å². The number of carboxylic acid groups (broad SMARTS) is 1. The summed E-state index contributed by atoms with van der Waals surface area (Å²) in [5.41, 5.74) is 8.23. The van der Waals surface area contributed by atoms with Gasteiger partial charge in [-0.25, -0.2) is 18.6 Å². The van der Waals surface area contributed by atoms with Crippen molar-refractivity contribution in [3.8, 4) is 0 Å². The number of likely N-dealkylation sites (N-methyl/N-ethyl adjacent to an activating group) is 1. The maximum absolute atomic E-state index is 13.1. The zero-order chi connectivity index (χ0) is 16.0. The number of hydrazine groups is 1. The number of aliphatic hydroxyl groups excluding tert-OH is 1. The predicted octanol–water partition coefficient (Wildman–Crippen LogP) is 0.700. The minimum absolute atomic E-state index is 0.0260. The van der Waals surface area contributed by atoms with Crippen molar-refractivity contribution in [3.63, 3.8) is 0 Å². The van der Waals surface area contributed by atoms with Gasteiger partial charge in [-0.2, -0.15) is 0 Å². The first kappa shape index (κ1) is 17.3. The van der Waals surface area contributed by atoms with Crippen LogP contribution >= 0.6 is 0 Å². The fraction of sp³-hybridized carbons (Fsp3) is 0.462. The molecular weight excluding hydrogens is 284 g/mol. The van der Waals surface area contributed by atoms with E-state index in [1.165, 1.54) is 5.01 Å². The highest BCUT2D eigenvalue weighted by molar-refractivity contribution is 5.63. The number of aliphatic hydroxyl groups is 1. The SMILES string of the molecule is CCN(C[C@H](O)[C@@H](N)Cc1cc(F)cc(F)c1)NC(=O)O. The Morgan fingerprint density at radius 2 is 1.95 bits per heavy atom. The Morgan fingerprint density at radius 3 is 2.43 bits per heavy atom. The third-order valence-electron chi connectivity index (χ3n) is 2.93. The number of carbonyl (C=O) groups is 1. The molecule has 0 spiro atoms. The second-order valence-corrected chi connectivity index (χ2v) is 4.67. The minimum atomic E-state index is -1.25. The Kier molecular flexibility index (Phi) is 6.47. The van der Waals surface area contributed by atoms with Gasteiger partial charge in [0.25, 0.3) is 0 Å². The van der Waals surface area contributed by atoms with Crippen LogP contribution in [0, 0.1) is 11.6 Å². The summed E-state index contributed by atoms with van der Waals surface area (Å²) < 4.78 is 26.1. The first-order chi connectivity index (χ1) is 9.81. The molecule has 0 aromatic heterocycles. The molecule has 6 nitrogen and oxygen atoms in total. The third-order valence-corrected chi connectivity index (χ3v) is 2.93. The summed E-state index contributed by atoms with van der Waals surface area (Å²) in [6.45, 7) is 2.02. The van der Waals surface area contributed by atoms with E-state index in [-0.39, 0.29) is 13.0 Å². The van der Waals surface area contributed by atoms with Crippen molar-refractivity contribution < 1.29 is 23.8 Å². The normalized spacial score (nSPS) is 14.0. The quantitative estimate of drug-likeness (QED) is 0.556. The van der Waals surface area contributed by atoms with E-state index in [4.69, 9.17) is 10.8 Å². The number of halogens is 2. The predicted molar refractivity (Wildman–Crippen MR) is 72.5 cm³/mol. The maximum Gasteiger partial charge on any atom is 0.419 e. The molecule has 21 heavy (non-hydrogen) atoms. The van der Waals surface area contributed by atoms with Crippen LogP contribution in [0.4, 0.5) is 13.6 Å². The summed E-state index contributed by atoms with van der Waals surface area (Å²) in [6, 6.07) is 2.25. The molecule has 0 bridgehead atoms. The summed E-state index contributed by atoms with van der Waals surface area (Å²) in [7, 11) is 0.